The third-order valence-electron chi connectivity index (χ3n) is 6.75. The van der Waals surface area contributed by atoms with Gasteiger partial charge in [-0.15, -0.1) is 0 Å². The number of carbonyl (C=O) groups is 1. The Morgan fingerprint density at radius 3 is 2.39 bits per heavy atom. The molecule has 2 N–H and O–H groups in total. The molecule has 0 saturated carbocycles. The van der Waals surface area contributed by atoms with Crippen molar-refractivity contribution in [2.75, 3.05) is 14.1 Å². The van der Waals surface area contributed by atoms with Crippen LogP contribution < -0.4 is 5.73 Å². The first-order valence-corrected chi connectivity index (χ1v) is 11.2. The highest BCUT2D eigenvalue weighted by molar-refractivity contribution is 6.02. The van der Waals surface area contributed by atoms with Crippen molar-refractivity contribution in [2.24, 2.45) is 5.73 Å². The molecule has 0 spiro atoms. The van der Waals surface area contributed by atoms with E-state index in [1.54, 1.807) is 0 Å². The van der Waals surface area contributed by atoms with Crippen LogP contribution in [0.25, 0.3) is 10.8 Å². The second-order valence-corrected chi connectivity index (χ2v) is 8.87. The first-order valence-electron chi connectivity index (χ1n) is 11.2. The number of hydrogen-bond acceptors (Lipinski definition) is 5. The maximum Gasteiger partial charge on any atom is 0.162 e. The predicted octanol–water partition coefficient (Wildman–Crippen LogP) is 4.81. The zero-order valence-electron chi connectivity index (χ0n) is 18.8. The zero-order chi connectivity index (χ0) is 23.1. The summed E-state index contributed by atoms with van der Waals surface area (Å²) in [4.78, 5) is 13.8. The molecule has 5 rings (SSSR count). The van der Waals surface area contributed by atoms with Gasteiger partial charge in [-0.1, -0.05) is 72.8 Å². The number of fused-ring (bicyclic) bond motifs is 1. The fourth-order valence-corrected chi connectivity index (χ4v) is 5.34. The molecule has 1 aliphatic heterocycles. The third kappa shape index (κ3) is 3.40. The van der Waals surface area contributed by atoms with E-state index in [0.29, 0.717) is 29.8 Å². The Bertz CT molecular complexity index is 1340. The van der Waals surface area contributed by atoms with Crippen LogP contribution in [-0.4, -0.2) is 29.9 Å². The summed E-state index contributed by atoms with van der Waals surface area (Å²) in [5.74, 6) is 0.0665. The Morgan fingerprint density at radius 2 is 1.67 bits per heavy atom. The minimum absolute atomic E-state index is 0.0736. The quantitative estimate of drug-likeness (QED) is 0.640. The standard InChI is InChI=1S/C28H26N4O/c1-31(2)32-24-15-20(18-9-4-3-5-10-18)16-25(33)27(24)26(23(17-29)28(32)30)22-14-8-12-19-11-6-7-13-21(19)22/h3-14,20,26H,15-16,30H2,1-2H3/t20-,26+/m0/s1. The van der Waals surface area contributed by atoms with Crippen molar-refractivity contribution in [2.45, 2.75) is 24.7 Å². The molecule has 0 aromatic heterocycles. The van der Waals surface area contributed by atoms with Crippen LogP contribution in [0, 0.1) is 11.3 Å². The first kappa shape index (κ1) is 21.0. The van der Waals surface area contributed by atoms with E-state index in [0.717, 1.165) is 27.6 Å². The lowest BCUT2D eigenvalue weighted by atomic mass is 9.71. The van der Waals surface area contributed by atoms with Crippen molar-refractivity contribution in [1.29, 1.82) is 5.26 Å². The molecule has 2 atom stereocenters. The van der Waals surface area contributed by atoms with Crippen LogP contribution in [0.2, 0.25) is 0 Å². The highest BCUT2D eigenvalue weighted by Crippen LogP contribution is 2.49. The Labute approximate surface area is 194 Å². The molecule has 0 amide bonds. The van der Waals surface area contributed by atoms with Crippen molar-refractivity contribution in [3.63, 3.8) is 0 Å². The summed E-state index contributed by atoms with van der Waals surface area (Å²) in [7, 11) is 3.78. The topological polar surface area (TPSA) is 73.4 Å². The average molecular weight is 435 g/mol. The summed E-state index contributed by atoms with van der Waals surface area (Å²) < 4.78 is 0. The van der Waals surface area contributed by atoms with Gasteiger partial charge < -0.3 is 5.73 Å². The van der Waals surface area contributed by atoms with Gasteiger partial charge in [-0.05, 0) is 34.2 Å². The van der Waals surface area contributed by atoms with Gasteiger partial charge in [0.05, 0.1) is 17.6 Å². The highest BCUT2D eigenvalue weighted by Gasteiger charge is 2.43. The number of benzene rings is 3. The number of allylic oxidation sites excluding steroid dienone is 3. The van der Waals surface area contributed by atoms with E-state index in [9.17, 15) is 10.1 Å². The smallest absolute Gasteiger partial charge is 0.162 e. The molecule has 0 fully saturated rings. The third-order valence-corrected chi connectivity index (χ3v) is 6.75. The van der Waals surface area contributed by atoms with E-state index >= 15 is 0 Å². The molecule has 0 saturated heterocycles. The molecule has 5 nitrogen and oxygen atoms in total. The molecule has 0 unspecified atom stereocenters. The summed E-state index contributed by atoms with van der Waals surface area (Å²) >= 11 is 0. The molecule has 33 heavy (non-hydrogen) atoms. The second-order valence-electron chi connectivity index (χ2n) is 8.87. The number of nitriles is 1. The van der Waals surface area contributed by atoms with E-state index in [1.165, 1.54) is 0 Å². The molecular weight excluding hydrogens is 408 g/mol. The molecule has 0 bridgehead atoms. The second kappa shape index (κ2) is 8.23. The van der Waals surface area contributed by atoms with Crippen LogP contribution in [0.1, 0.15) is 35.8 Å². The molecule has 2 aliphatic rings. The SMILES string of the molecule is CN(C)N1C(N)=C(C#N)[C@@H](c2cccc3ccccc23)C2=C1C[C@H](c1ccccc1)CC2=O. The normalized spacial score (nSPS) is 20.9. The maximum atomic E-state index is 13.8. The van der Waals surface area contributed by atoms with Gasteiger partial charge in [0, 0.05) is 31.8 Å². The van der Waals surface area contributed by atoms with Crippen molar-refractivity contribution in [3.8, 4) is 6.07 Å². The fourth-order valence-electron chi connectivity index (χ4n) is 5.34. The number of nitrogens with two attached hydrogens (primary N) is 1. The van der Waals surface area contributed by atoms with Gasteiger partial charge in [-0.25, -0.2) is 5.01 Å². The number of ketones is 1. The van der Waals surface area contributed by atoms with Gasteiger partial charge in [0.15, 0.2) is 5.78 Å². The van der Waals surface area contributed by atoms with Gasteiger partial charge in [0.2, 0.25) is 0 Å². The minimum atomic E-state index is -0.475. The fraction of sp³-hybridized carbons (Fsp3) is 0.214. The molecule has 1 heterocycles. The average Bonchev–Trinajstić information content (AvgIpc) is 2.83. The van der Waals surface area contributed by atoms with E-state index in [-0.39, 0.29) is 11.7 Å². The van der Waals surface area contributed by atoms with E-state index in [1.807, 2.05) is 66.6 Å². The Balaban J connectivity index is 1.74. The monoisotopic (exact) mass is 434 g/mol. The van der Waals surface area contributed by atoms with Crippen LogP contribution in [0.3, 0.4) is 0 Å². The number of carbonyl (C=O) groups excluding carboxylic acids is 1. The van der Waals surface area contributed by atoms with Crippen LogP contribution >= 0.6 is 0 Å². The van der Waals surface area contributed by atoms with Gasteiger partial charge in [-0.2, -0.15) is 5.26 Å². The molecule has 3 aromatic rings. The molecular formula is C28H26N4O. The van der Waals surface area contributed by atoms with Crippen LogP contribution in [0.5, 0.6) is 0 Å². The Kier molecular flexibility index (Phi) is 5.24. The van der Waals surface area contributed by atoms with E-state index < -0.39 is 5.92 Å². The van der Waals surface area contributed by atoms with Crippen LogP contribution in [0.15, 0.2) is 95.5 Å². The number of hydrogen-bond donors (Lipinski definition) is 1. The van der Waals surface area contributed by atoms with Crippen molar-refractivity contribution < 1.29 is 4.79 Å². The predicted molar refractivity (Wildman–Crippen MR) is 129 cm³/mol. The van der Waals surface area contributed by atoms with E-state index in [4.69, 9.17) is 5.73 Å². The molecule has 5 heteroatoms. The Morgan fingerprint density at radius 1 is 0.970 bits per heavy atom. The summed E-state index contributed by atoms with van der Waals surface area (Å²) in [6, 6.07) is 26.7. The van der Waals surface area contributed by atoms with Crippen LogP contribution in [-0.2, 0) is 4.79 Å². The first-order chi connectivity index (χ1) is 16.0. The molecule has 164 valence electrons. The lowest BCUT2D eigenvalue weighted by molar-refractivity contribution is -0.117. The molecule has 1 aliphatic carbocycles. The van der Waals surface area contributed by atoms with Gasteiger partial charge in [0.1, 0.15) is 5.82 Å². The number of Topliss-reactive ketones (excluding diaryl/α,β-unsaturated/α-hetero) is 1. The van der Waals surface area contributed by atoms with Crippen molar-refractivity contribution >= 4 is 16.6 Å². The lowest BCUT2D eigenvalue weighted by Gasteiger charge is -2.44. The minimum Gasteiger partial charge on any atom is -0.383 e. The summed E-state index contributed by atoms with van der Waals surface area (Å²) in [6.45, 7) is 0. The summed E-state index contributed by atoms with van der Waals surface area (Å²) in [5, 5.41) is 16.0. The van der Waals surface area contributed by atoms with Crippen LogP contribution in [0.4, 0.5) is 0 Å². The van der Waals surface area contributed by atoms with Gasteiger partial charge >= 0.3 is 0 Å². The van der Waals surface area contributed by atoms with Crippen molar-refractivity contribution in [1.82, 2.24) is 10.0 Å². The molecule has 3 aromatic carbocycles. The molecule has 0 radical (unpaired) electrons. The number of nitrogens with zero attached hydrogens (tertiary/aromatic N) is 3. The van der Waals surface area contributed by atoms with Gasteiger partial charge in [0.25, 0.3) is 0 Å². The maximum absolute atomic E-state index is 13.8. The largest absolute Gasteiger partial charge is 0.383 e. The lowest BCUT2D eigenvalue weighted by Crippen LogP contribution is -2.46. The number of hydrazine groups is 1. The zero-order valence-corrected chi connectivity index (χ0v) is 18.8. The van der Waals surface area contributed by atoms with Gasteiger partial charge in [-0.3, -0.25) is 9.80 Å². The Hall–Kier alpha value is -3.88. The highest BCUT2D eigenvalue weighted by atomic mass is 16.1. The van der Waals surface area contributed by atoms with E-state index in [2.05, 4.69) is 36.4 Å². The summed E-state index contributed by atoms with van der Waals surface area (Å²) in [6.07, 6.45) is 1.11. The summed E-state index contributed by atoms with van der Waals surface area (Å²) in [5.41, 5.74) is 10.7. The van der Waals surface area contributed by atoms with Crippen molar-refractivity contribution in [3.05, 3.63) is 107 Å². The number of rotatable bonds is 3.